The lowest BCUT2D eigenvalue weighted by Gasteiger charge is -2.26. The van der Waals surface area contributed by atoms with Crippen molar-refractivity contribution in [2.45, 2.75) is 0 Å². The number of nitrogens with zero attached hydrogens (tertiary/aromatic N) is 1. The summed E-state index contributed by atoms with van der Waals surface area (Å²) in [6.45, 7) is 3.45. The van der Waals surface area contributed by atoms with E-state index in [1.165, 1.54) is 0 Å². The molecule has 1 aliphatic heterocycles. The minimum absolute atomic E-state index is 0.228. The normalized spacial score (nSPS) is 15.9. The lowest BCUT2D eigenvalue weighted by atomic mass is 10.2. The third kappa shape index (κ3) is 3.89. The second kappa shape index (κ2) is 6.81. The molecular weight excluding hydrogens is 228 g/mol. The first-order valence-corrected chi connectivity index (χ1v) is 6.20. The minimum atomic E-state index is -0.228. The fraction of sp³-hybridized carbons (Fsp3) is 0.357. The van der Waals surface area contributed by atoms with E-state index in [-0.39, 0.29) is 6.09 Å². The molecule has 18 heavy (non-hydrogen) atoms. The Morgan fingerprint density at radius 1 is 1.28 bits per heavy atom. The van der Waals surface area contributed by atoms with Gasteiger partial charge in [0.1, 0.15) is 6.61 Å². The summed E-state index contributed by atoms with van der Waals surface area (Å²) in [7, 11) is 0. The molecule has 1 aliphatic rings. The van der Waals surface area contributed by atoms with E-state index in [9.17, 15) is 4.79 Å². The number of carbonyl (C=O) groups excluding carboxylic acids is 1. The molecule has 0 bridgehead atoms. The third-order valence-corrected chi connectivity index (χ3v) is 2.79. The van der Waals surface area contributed by atoms with E-state index in [4.69, 9.17) is 4.74 Å². The van der Waals surface area contributed by atoms with Gasteiger partial charge in [0.15, 0.2) is 0 Å². The number of hydrogen-bond acceptors (Lipinski definition) is 3. The Bertz CT molecular complexity index is 398. The molecule has 1 N–H and O–H groups in total. The first kappa shape index (κ1) is 12.6. The first-order chi connectivity index (χ1) is 8.86. The SMILES string of the molecule is O=C(OCC=Cc1ccccc1)N1CCNCC1. The zero-order chi connectivity index (χ0) is 12.6. The Morgan fingerprint density at radius 2 is 2.00 bits per heavy atom. The standard InChI is InChI=1S/C14H18N2O2/c17-14(16-10-8-15-9-11-16)18-12-4-7-13-5-2-1-3-6-13/h1-7,15H,8-12H2. The minimum Gasteiger partial charge on any atom is -0.445 e. The van der Waals surface area contributed by atoms with E-state index in [1.54, 1.807) is 4.90 Å². The van der Waals surface area contributed by atoms with E-state index >= 15 is 0 Å². The van der Waals surface area contributed by atoms with Crippen LogP contribution in [-0.4, -0.2) is 43.8 Å². The summed E-state index contributed by atoms with van der Waals surface area (Å²) < 4.78 is 5.18. The van der Waals surface area contributed by atoms with Gasteiger partial charge in [0.25, 0.3) is 0 Å². The largest absolute Gasteiger partial charge is 0.445 e. The average molecular weight is 246 g/mol. The Kier molecular flexibility index (Phi) is 4.78. The van der Waals surface area contributed by atoms with Crippen LogP contribution < -0.4 is 5.32 Å². The van der Waals surface area contributed by atoms with Crippen LogP contribution in [0.3, 0.4) is 0 Å². The van der Waals surface area contributed by atoms with Crippen LogP contribution in [0.25, 0.3) is 6.08 Å². The second-order valence-electron chi connectivity index (χ2n) is 4.13. The van der Waals surface area contributed by atoms with Crippen LogP contribution in [0.1, 0.15) is 5.56 Å². The summed E-state index contributed by atoms with van der Waals surface area (Å²) in [5.74, 6) is 0. The quantitative estimate of drug-likeness (QED) is 0.883. The molecule has 0 radical (unpaired) electrons. The number of piperazine rings is 1. The highest BCUT2D eigenvalue weighted by molar-refractivity contribution is 5.68. The Hall–Kier alpha value is -1.81. The number of ether oxygens (including phenoxy) is 1. The first-order valence-electron chi connectivity index (χ1n) is 6.20. The zero-order valence-corrected chi connectivity index (χ0v) is 10.3. The Labute approximate surface area is 107 Å². The van der Waals surface area contributed by atoms with E-state index in [0.29, 0.717) is 6.61 Å². The number of amides is 1. The van der Waals surface area contributed by atoms with Crippen molar-refractivity contribution in [3.63, 3.8) is 0 Å². The molecule has 1 aromatic carbocycles. The summed E-state index contributed by atoms with van der Waals surface area (Å²) in [6, 6.07) is 9.95. The van der Waals surface area contributed by atoms with E-state index in [2.05, 4.69) is 5.32 Å². The van der Waals surface area contributed by atoms with Crippen LogP contribution in [0, 0.1) is 0 Å². The molecule has 0 unspecified atom stereocenters. The van der Waals surface area contributed by atoms with Gasteiger partial charge in [-0.3, -0.25) is 0 Å². The van der Waals surface area contributed by atoms with Crippen LogP contribution >= 0.6 is 0 Å². The predicted octanol–water partition coefficient (Wildman–Crippen LogP) is 1.74. The fourth-order valence-corrected chi connectivity index (χ4v) is 1.81. The van der Waals surface area contributed by atoms with Crippen LogP contribution in [0.15, 0.2) is 36.4 Å². The maximum absolute atomic E-state index is 11.7. The molecule has 96 valence electrons. The van der Waals surface area contributed by atoms with Gasteiger partial charge in [-0.15, -0.1) is 0 Å². The summed E-state index contributed by atoms with van der Waals surface area (Å²) in [4.78, 5) is 13.4. The van der Waals surface area contributed by atoms with Crippen molar-refractivity contribution < 1.29 is 9.53 Å². The molecule has 1 saturated heterocycles. The van der Waals surface area contributed by atoms with Crippen molar-refractivity contribution in [3.05, 3.63) is 42.0 Å². The molecule has 2 rings (SSSR count). The van der Waals surface area contributed by atoms with Gasteiger partial charge < -0.3 is 15.0 Å². The van der Waals surface area contributed by atoms with Crippen LogP contribution in [-0.2, 0) is 4.74 Å². The van der Waals surface area contributed by atoms with E-state index in [1.807, 2.05) is 42.5 Å². The molecular formula is C14H18N2O2. The van der Waals surface area contributed by atoms with Crippen molar-refractivity contribution in [1.29, 1.82) is 0 Å². The molecule has 1 fully saturated rings. The number of benzene rings is 1. The second-order valence-corrected chi connectivity index (χ2v) is 4.13. The summed E-state index contributed by atoms with van der Waals surface area (Å²) in [5, 5.41) is 3.19. The van der Waals surface area contributed by atoms with Gasteiger partial charge in [0, 0.05) is 26.2 Å². The third-order valence-electron chi connectivity index (χ3n) is 2.79. The molecule has 0 aliphatic carbocycles. The summed E-state index contributed by atoms with van der Waals surface area (Å²) in [6.07, 6.45) is 3.58. The van der Waals surface area contributed by atoms with Gasteiger partial charge in [0.2, 0.25) is 0 Å². The van der Waals surface area contributed by atoms with Crippen molar-refractivity contribution in [1.82, 2.24) is 10.2 Å². The lowest BCUT2D eigenvalue weighted by molar-refractivity contribution is 0.107. The molecule has 1 heterocycles. The maximum Gasteiger partial charge on any atom is 0.410 e. The maximum atomic E-state index is 11.7. The Morgan fingerprint density at radius 3 is 2.72 bits per heavy atom. The smallest absolute Gasteiger partial charge is 0.410 e. The van der Waals surface area contributed by atoms with Crippen molar-refractivity contribution >= 4 is 12.2 Å². The average Bonchev–Trinajstić information content (AvgIpc) is 2.45. The van der Waals surface area contributed by atoms with Crippen molar-refractivity contribution in [2.24, 2.45) is 0 Å². The van der Waals surface area contributed by atoms with Gasteiger partial charge in [-0.1, -0.05) is 36.4 Å². The highest BCUT2D eigenvalue weighted by Gasteiger charge is 2.16. The number of carbonyl (C=O) groups is 1. The van der Waals surface area contributed by atoms with Crippen LogP contribution in [0.4, 0.5) is 4.79 Å². The lowest BCUT2D eigenvalue weighted by Crippen LogP contribution is -2.46. The van der Waals surface area contributed by atoms with Crippen molar-refractivity contribution in [3.8, 4) is 0 Å². The topological polar surface area (TPSA) is 41.6 Å². The monoisotopic (exact) mass is 246 g/mol. The zero-order valence-electron chi connectivity index (χ0n) is 10.3. The molecule has 0 atom stereocenters. The summed E-state index contributed by atoms with van der Waals surface area (Å²) >= 11 is 0. The van der Waals surface area contributed by atoms with E-state index < -0.39 is 0 Å². The molecule has 0 aromatic heterocycles. The molecule has 1 amide bonds. The molecule has 1 aromatic rings. The van der Waals surface area contributed by atoms with Crippen LogP contribution in [0.2, 0.25) is 0 Å². The molecule has 0 saturated carbocycles. The molecule has 4 heteroatoms. The van der Waals surface area contributed by atoms with Gasteiger partial charge in [-0.05, 0) is 11.6 Å². The van der Waals surface area contributed by atoms with Gasteiger partial charge in [-0.2, -0.15) is 0 Å². The summed E-state index contributed by atoms with van der Waals surface area (Å²) in [5.41, 5.74) is 1.11. The van der Waals surface area contributed by atoms with Gasteiger partial charge >= 0.3 is 6.09 Å². The van der Waals surface area contributed by atoms with Gasteiger partial charge in [-0.25, -0.2) is 4.79 Å². The molecule has 0 spiro atoms. The Balaban J connectivity index is 1.71. The highest BCUT2D eigenvalue weighted by atomic mass is 16.6. The number of nitrogens with one attached hydrogen (secondary N) is 1. The highest BCUT2D eigenvalue weighted by Crippen LogP contribution is 2.01. The van der Waals surface area contributed by atoms with Gasteiger partial charge in [0.05, 0.1) is 0 Å². The fourth-order valence-electron chi connectivity index (χ4n) is 1.81. The van der Waals surface area contributed by atoms with Crippen LogP contribution in [0.5, 0.6) is 0 Å². The van der Waals surface area contributed by atoms with E-state index in [0.717, 1.165) is 31.7 Å². The van der Waals surface area contributed by atoms with Crippen molar-refractivity contribution in [2.75, 3.05) is 32.8 Å². The number of hydrogen-bond donors (Lipinski definition) is 1. The number of rotatable bonds is 3. The molecule has 4 nitrogen and oxygen atoms in total. The predicted molar refractivity (Wildman–Crippen MR) is 71.3 cm³/mol.